The number of aromatic nitrogens is 5. The quantitative estimate of drug-likeness (QED) is 0.324. The maximum absolute atomic E-state index is 14.9. The first-order valence-corrected chi connectivity index (χ1v) is 13.2. The largest absolute Gasteiger partial charge is 0.381 e. The molecule has 0 radical (unpaired) electrons. The van der Waals surface area contributed by atoms with Gasteiger partial charge in [0.25, 0.3) is 5.91 Å². The molecule has 1 amide bonds. The molecule has 5 rings (SSSR count). The number of nitrogens with one attached hydrogen (secondary N) is 2. The molecule has 1 saturated heterocycles. The van der Waals surface area contributed by atoms with Crippen LogP contribution in [0.2, 0.25) is 0 Å². The highest BCUT2D eigenvalue weighted by Gasteiger charge is 2.23. The summed E-state index contributed by atoms with van der Waals surface area (Å²) in [6.07, 6.45) is 6.26. The zero-order valence-corrected chi connectivity index (χ0v) is 22.1. The highest BCUT2D eigenvalue weighted by atomic mass is 19.1. The predicted octanol–water partition coefficient (Wildman–Crippen LogP) is 4.68. The van der Waals surface area contributed by atoms with Gasteiger partial charge in [-0.25, -0.2) is 19.3 Å². The van der Waals surface area contributed by atoms with E-state index in [0.29, 0.717) is 43.6 Å². The van der Waals surface area contributed by atoms with Crippen LogP contribution in [0.5, 0.6) is 0 Å². The fourth-order valence-corrected chi connectivity index (χ4v) is 4.73. The number of nitrogens with zero attached hydrogens (tertiary/aromatic N) is 5. The second-order valence-corrected chi connectivity index (χ2v) is 9.72. The average molecular weight is 530 g/mol. The first-order valence-electron chi connectivity index (χ1n) is 13.2. The number of halogens is 1. The number of carbonyl (C=O) groups is 1. The summed E-state index contributed by atoms with van der Waals surface area (Å²) >= 11 is 0. The Kier molecular flexibility index (Phi) is 8.21. The molecule has 1 unspecified atom stereocenters. The number of aryl methyl sites for hydroxylation is 1. The van der Waals surface area contributed by atoms with Crippen molar-refractivity contribution in [3.63, 3.8) is 0 Å². The smallest absolute Gasteiger partial charge is 0.270 e. The third kappa shape index (κ3) is 6.28. The zero-order chi connectivity index (χ0) is 27.2. The Labute approximate surface area is 226 Å². The fraction of sp³-hybridized carbons (Fsp3) is 0.345. The van der Waals surface area contributed by atoms with E-state index >= 15 is 0 Å². The Balaban J connectivity index is 1.22. The lowest BCUT2D eigenvalue weighted by molar-refractivity contribution is 0.0694. The first-order chi connectivity index (χ1) is 19.0. The van der Waals surface area contributed by atoms with Crippen molar-refractivity contribution in [3.8, 4) is 11.4 Å². The van der Waals surface area contributed by atoms with Crippen molar-refractivity contribution in [2.75, 3.05) is 25.1 Å². The molecule has 202 valence electrons. The van der Waals surface area contributed by atoms with Gasteiger partial charge in [-0.15, -0.1) is 0 Å². The van der Waals surface area contributed by atoms with Gasteiger partial charge in [0.05, 0.1) is 18.1 Å². The van der Waals surface area contributed by atoms with E-state index < -0.39 is 5.82 Å². The van der Waals surface area contributed by atoms with E-state index in [1.165, 1.54) is 6.20 Å². The first kappa shape index (κ1) is 26.4. The summed E-state index contributed by atoms with van der Waals surface area (Å²) in [7, 11) is 0. The molecule has 10 heteroatoms. The van der Waals surface area contributed by atoms with Gasteiger partial charge < -0.3 is 19.9 Å². The molecule has 39 heavy (non-hydrogen) atoms. The summed E-state index contributed by atoms with van der Waals surface area (Å²) in [4.78, 5) is 29.9. The molecule has 0 aliphatic carbocycles. The number of imidazole rings is 1. The van der Waals surface area contributed by atoms with Gasteiger partial charge in [-0.1, -0.05) is 43.3 Å². The molecule has 1 aliphatic heterocycles. The Morgan fingerprint density at radius 3 is 2.62 bits per heavy atom. The lowest BCUT2D eigenvalue weighted by Gasteiger charge is -2.26. The number of benzene rings is 1. The van der Waals surface area contributed by atoms with Crippen LogP contribution in [-0.4, -0.2) is 50.2 Å². The molecule has 1 atom stereocenters. The summed E-state index contributed by atoms with van der Waals surface area (Å²) in [6.45, 7) is 6.25. The monoisotopic (exact) mass is 529 g/mol. The number of ether oxygens (including phenoxy) is 1. The molecule has 1 aromatic carbocycles. The minimum absolute atomic E-state index is 0.0473. The highest BCUT2D eigenvalue weighted by molar-refractivity contribution is 5.92. The minimum atomic E-state index is -0.493. The van der Waals surface area contributed by atoms with Crippen molar-refractivity contribution >= 4 is 11.9 Å². The van der Waals surface area contributed by atoms with Crippen LogP contribution in [0.25, 0.3) is 11.4 Å². The van der Waals surface area contributed by atoms with Crippen LogP contribution in [0.15, 0.2) is 61.1 Å². The number of hydrogen-bond donors (Lipinski definition) is 2. The molecule has 9 nitrogen and oxygen atoms in total. The molecule has 0 saturated carbocycles. The highest BCUT2D eigenvalue weighted by Crippen LogP contribution is 2.30. The number of anilines is 1. The Morgan fingerprint density at radius 2 is 1.87 bits per heavy atom. The molecule has 2 N–H and O–H groups in total. The standard InChI is InChI=1S/C29H32FN7O2/c1-19(22-8-9-25(32-16-22)28(38)33-15-21-6-4-3-5-7-21)14-34-29-35-17-24(30)27(36-29)26-18-31-20(2)37(26)23-10-12-39-13-11-23/h3-9,16-19,23H,10-15H2,1-2H3,(H,33,38)(H,34,35,36). The van der Waals surface area contributed by atoms with Gasteiger partial charge in [-0.05, 0) is 42.9 Å². The van der Waals surface area contributed by atoms with Crippen LogP contribution in [-0.2, 0) is 11.3 Å². The zero-order valence-electron chi connectivity index (χ0n) is 22.1. The summed E-state index contributed by atoms with van der Waals surface area (Å²) < 4.78 is 22.4. The van der Waals surface area contributed by atoms with Crippen molar-refractivity contribution in [1.29, 1.82) is 0 Å². The van der Waals surface area contributed by atoms with E-state index in [9.17, 15) is 9.18 Å². The van der Waals surface area contributed by atoms with Crippen molar-refractivity contribution in [2.45, 2.75) is 45.2 Å². The summed E-state index contributed by atoms with van der Waals surface area (Å²) in [5.74, 6) is 0.486. The van der Waals surface area contributed by atoms with E-state index in [1.54, 1.807) is 18.5 Å². The Bertz CT molecular complexity index is 1400. The second kappa shape index (κ2) is 12.1. The summed E-state index contributed by atoms with van der Waals surface area (Å²) in [5, 5.41) is 6.10. The topological polar surface area (TPSA) is 107 Å². The van der Waals surface area contributed by atoms with Crippen molar-refractivity contribution in [3.05, 3.63) is 89.5 Å². The normalized spacial score (nSPS) is 14.6. The molecule has 1 fully saturated rings. The van der Waals surface area contributed by atoms with Gasteiger partial charge in [0.2, 0.25) is 5.95 Å². The van der Waals surface area contributed by atoms with Crippen LogP contribution < -0.4 is 10.6 Å². The number of amides is 1. The third-order valence-electron chi connectivity index (χ3n) is 6.97. The van der Waals surface area contributed by atoms with Gasteiger partial charge in [-0.3, -0.25) is 9.78 Å². The van der Waals surface area contributed by atoms with E-state index in [4.69, 9.17) is 4.74 Å². The van der Waals surface area contributed by atoms with Gasteiger partial charge in [0.1, 0.15) is 17.2 Å². The van der Waals surface area contributed by atoms with Crippen molar-refractivity contribution in [1.82, 2.24) is 29.8 Å². The molecule has 4 aromatic rings. The summed E-state index contributed by atoms with van der Waals surface area (Å²) in [5.41, 5.74) is 3.20. The van der Waals surface area contributed by atoms with Crippen molar-refractivity contribution in [2.24, 2.45) is 0 Å². The van der Waals surface area contributed by atoms with Gasteiger partial charge in [0, 0.05) is 38.5 Å². The predicted molar refractivity (Wildman–Crippen MR) is 146 cm³/mol. The number of pyridine rings is 1. The molecular formula is C29H32FN7O2. The Hall–Kier alpha value is -4.18. The lowest BCUT2D eigenvalue weighted by Crippen LogP contribution is -2.23. The molecule has 4 heterocycles. The minimum Gasteiger partial charge on any atom is -0.381 e. The Morgan fingerprint density at radius 1 is 1.08 bits per heavy atom. The number of carbonyl (C=O) groups excluding carboxylic acids is 1. The average Bonchev–Trinajstić information content (AvgIpc) is 3.37. The van der Waals surface area contributed by atoms with Crippen LogP contribution >= 0.6 is 0 Å². The lowest BCUT2D eigenvalue weighted by atomic mass is 10.0. The second-order valence-electron chi connectivity index (χ2n) is 9.72. The molecule has 0 bridgehead atoms. The van der Waals surface area contributed by atoms with E-state index in [0.717, 1.165) is 29.8 Å². The van der Waals surface area contributed by atoms with Crippen LogP contribution in [0.1, 0.15) is 59.2 Å². The van der Waals surface area contributed by atoms with E-state index in [-0.39, 0.29) is 23.6 Å². The van der Waals surface area contributed by atoms with Gasteiger partial charge in [-0.2, -0.15) is 0 Å². The molecule has 3 aromatic heterocycles. The maximum Gasteiger partial charge on any atom is 0.270 e. The van der Waals surface area contributed by atoms with Crippen molar-refractivity contribution < 1.29 is 13.9 Å². The SMILES string of the molecule is Cc1ncc(-c2nc(NCC(C)c3ccc(C(=O)NCc4ccccc4)nc3)ncc2F)n1C1CCOCC1. The van der Waals surface area contributed by atoms with Gasteiger partial charge in [0.15, 0.2) is 5.82 Å². The molecular weight excluding hydrogens is 497 g/mol. The van der Waals surface area contributed by atoms with Crippen LogP contribution in [0.3, 0.4) is 0 Å². The number of rotatable bonds is 9. The van der Waals surface area contributed by atoms with Crippen LogP contribution in [0.4, 0.5) is 10.3 Å². The fourth-order valence-electron chi connectivity index (χ4n) is 4.73. The maximum atomic E-state index is 14.9. The van der Waals surface area contributed by atoms with E-state index in [2.05, 4.69) is 35.1 Å². The third-order valence-corrected chi connectivity index (χ3v) is 6.97. The molecule has 0 spiro atoms. The van der Waals surface area contributed by atoms with Crippen LogP contribution in [0, 0.1) is 12.7 Å². The van der Waals surface area contributed by atoms with E-state index in [1.807, 2.05) is 50.2 Å². The van der Waals surface area contributed by atoms with Gasteiger partial charge >= 0.3 is 0 Å². The summed E-state index contributed by atoms with van der Waals surface area (Å²) in [6, 6.07) is 13.5. The number of hydrogen-bond acceptors (Lipinski definition) is 7. The molecule has 1 aliphatic rings.